The molecule has 152 valence electrons. The Bertz CT molecular complexity index is 1410. The maximum atomic E-state index is 13.3. The molecule has 0 aliphatic carbocycles. The summed E-state index contributed by atoms with van der Waals surface area (Å²) >= 11 is 2.74. The van der Waals surface area contributed by atoms with Gasteiger partial charge < -0.3 is 0 Å². The summed E-state index contributed by atoms with van der Waals surface area (Å²) in [5.74, 6) is 0. The van der Waals surface area contributed by atoms with E-state index in [1.807, 2.05) is 72.3 Å². The van der Waals surface area contributed by atoms with Gasteiger partial charge in [-0.1, -0.05) is 54.1 Å². The van der Waals surface area contributed by atoms with E-state index in [-0.39, 0.29) is 11.2 Å². The van der Waals surface area contributed by atoms with E-state index in [4.69, 9.17) is 0 Å². The number of nitrogens with zero attached hydrogens (tertiary/aromatic N) is 5. The first-order valence-electron chi connectivity index (χ1n) is 9.43. The van der Waals surface area contributed by atoms with Gasteiger partial charge in [0.25, 0.3) is 0 Å². The summed E-state index contributed by atoms with van der Waals surface area (Å²) in [6.07, 6.45) is 1.65. The Balaban J connectivity index is 1.63. The molecule has 0 spiro atoms. The zero-order valence-electron chi connectivity index (χ0n) is 16.4. The fourth-order valence-electron chi connectivity index (χ4n) is 3.12. The number of aromatic nitrogens is 4. The molecule has 0 aliphatic rings. The van der Waals surface area contributed by atoms with Crippen LogP contribution >= 0.6 is 22.7 Å². The van der Waals surface area contributed by atoms with Crippen LogP contribution in [0.15, 0.2) is 86.6 Å². The highest BCUT2D eigenvalue weighted by Crippen LogP contribution is 2.30. The monoisotopic (exact) mass is 444 g/mol. The second-order valence-electron chi connectivity index (χ2n) is 6.74. The van der Waals surface area contributed by atoms with E-state index in [0.717, 1.165) is 22.4 Å². The zero-order valence-corrected chi connectivity index (χ0v) is 18.0. The second kappa shape index (κ2) is 8.21. The van der Waals surface area contributed by atoms with Crippen LogP contribution in [0.25, 0.3) is 27.6 Å². The van der Waals surface area contributed by atoms with Crippen molar-refractivity contribution in [3.05, 3.63) is 87.5 Å². The molecule has 3 heterocycles. The van der Waals surface area contributed by atoms with Crippen molar-refractivity contribution in [1.29, 1.82) is 0 Å². The molecular weight excluding hydrogens is 428 g/mol. The standard InChI is InChI=1S/C22H16N6OS2/c1-14-6-5-9-16(12-14)18-19(25-26-21-23-10-11-30-21)20(29)28(27-18)22-24-17(13-31-22)15-7-3-2-4-8-15/h2-13,27H,1H3. The molecular formula is C22H16N6OS2. The third-order valence-corrected chi connectivity index (χ3v) is 6.06. The molecule has 0 saturated carbocycles. The molecule has 0 radical (unpaired) electrons. The molecule has 0 aliphatic heterocycles. The van der Waals surface area contributed by atoms with E-state index in [1.54, 1.807) is 6.20 Å². The molecule has 9 heteroatoms. The van der Waals surface area contributed by atoms with Gasteiger partial charge in [-0.3, -0.25) is 9.89 Å². The van der Waals surface area contributed by atoms with Crippen molar-refractivity contribution in [3.8, 4) is 27.6 Å². The first-order valence-corrected chi connectivity index (χ1v) is 11.2. The number of rotatable bonds is 5. The van der Waals surface area contributed by atoms with Crippen LogP contribution in [0.1, 0.15) is 5.56 Å². The highest BCUT2D eigenvalue weighted by molar-refractivity contribution is 7.13. The number of aryl methyl sites for hydroxylation is 1. The maximum Gasteiger partial charge on any atom is 0.301 e. The number of aromatic amines is 1. The first kappa shape index (κ1) is 19.3. The van der Waals surface area contributed by atoms with Crippen LogP contribution in [0.5, 0.6) is 0 Å². The van der Waals surface area contributed by atoms with Crippen LogP contribution in [-0.2, 0) is 0 Å². The van der Waals surface area contributed by atoms with Gasteiger partial charge in [0.2, 0.25) is 10.3 Å². The lowest BCUT2D eigenvalue weighted by Gasteiger charge is -2.01. The van der Waals surface area contributed by atoms with Crippen LogP contribution in [0.3, 0.4) is 0 Å². The molecule has 1 N–H and O–H groups in total. The lowest BCUT2D eigenvalue weighted by atomic mass is 10.1. The van der Waals surface area contributed by atoms with Crippen molar-refractivity contribution >= 4 is 33.5 Å². The summed E-state index contributed by atoms with van der Waals surface area (Å²) in [5, 5.41) is 16.4. The van der Waals surface area contributed by atoms with Gasteiger partial charge in [0.15, 0.2) is 5.69 Å². The Hall–Kier alpha value is -3.69. The van der Waals surface area contributed by atoms with Crippen molar-refractivity contribution in [1.82, 2.24) is 19.7 Å². The minimum absolute atomic E-state index is 0.220. The fraction of sp³-hybridized carbons (Fsp3) is 0.0455. The normalized spacial score (nSPS) is 11.4. The minimum Gasteiger partial charge on any atom is -0.286 e. The number of thiazole rings is 2. The molecule has 0 saturated heterocycles. The number of benzene rings is 2. The van der Waals surface area contributed by atoms with Crippen molar-refractivity contribution in [2.75, 3.05) is 0 Å². The van der Waals surface area contributed by atoms with E-state index in [0.29, 0.717) is 16.0 Å². The SMILES string of the molecule is Cc1cccc(-c2[nH]n(-c3nc(-c4ccccc4)cs3)c(=O)c2N=Nc2nccs2)c1. The zero-order chi connectivity index (χ0) is 21.2. The largest absolute Gasteiger partial charge is 0.301 e. The Morgan fingerprint density at radius 3 is 2.61 bits per heavy atom. The van der Waals surface area contributed by atoms with Gasteiger partial charge in [0.1, 0.15) is 0 Å². The van der Waals surface area contributed by atoms with Crippen LogP contribution in [-0.4, -0.2) is 19.7 Å². The van der Waals surface area contributed by atoms with Gasteiger partial charge in [-0.25, -0.2) is 9.97 Å². The Morgan fingerprint density at radius 2 is 1.84 bits per heavy atom. The number of nitrogens with one attached hydrogen (secondary N) is 1. The predicted molar refractivity (Wildman–Crippen MR) is 124 cm³/mol. The summed E-state index contributed by atoms with van der Waals surface area (Å²) in [6.45, 7) is 2.00. The highest BCUT2D eigenvalue weighted by Gasteiger charge is 2.19. The van der Waals surface area contributed by atoms with E-state index in [1.165, 1.54) is 27.4 Å². The molecule has 3 aromatic heterocycles. The van der Waals surface area contributed by atoms with E-state index >= 15 is 0 Å². The molecule has 5 rings (SSSR count). The summed E-state index contributed by atoms with van der Waals surface area (Å²) < 4.78 is 1.42. The average Bonchev–Trinajstić information content (AvgIpc) is 3.53. The fourth-order valence-corrected chi connectivity index (χ4v) is 4.37. The van der Waals surface area contributed by atoms with Crippen molar-refractivity contribution in [2.24, 2.45) is 10.2 Å². The maximum absolute atomic E-state index is 13.3. The summed E-state index contributed by atoms with van der Waals surface area (Å²) in [6, 6.07) is 17.7. The summed E-state index contributed by atoms with van der Waals surface area (Å²) in [7, 11) is 0. The minimum atomic E-state index is -0.314. The van der Waals surface area contributed by atoms with Gasteiger partial charge >= 0.3 is 5.56 Å². The topological polar surface area (TPSA) is 88.3 Å². The Labute approximate surface area is 185 Å². The van der Waals surface area contributed by atoms with E-state index in [2.05, 4.69) is 25.3 Å². The molecule has 0 bridgehead atoms. The van der Waals surface area contributed by atoms with Gasteiger partial charge in [0, 0.05) is 28.1 Å². The molecule has 31 heavy (non-hydrogen) atoms. The molecule has 5 aromatic rings. The molecule has 2 aromatic carbocycles. The van der Waals surface area contributed by atoms with Crippen molar-refractivity contribution in [2.45, 2.75) is 6.92 Å². The molecule has 0 amide bonds. The van der Waals surface area contributed by atoms with Crippen LogP contribution in [0, 0.1) is 6.92 Å². The van der Waals surface area contributed by atoms with Crippen molar-refractivity contribution in [3.63, 3.8) is 0 Å². The van der Waals surface area contributed by atoms with Gasteiger partial charge in [-0.15, -0.1) is 32.9 Å². The summed E-state index contributed by atoms with van der Waals surface area (Å²) in [5.41, 5.74) is 4.23. The number of hydrogen-bond donors (Lipinski definition) is 1. The Kier molecular flexibility index (Phi) is 5.11. The smallest absolute Gasteiger partial charge is 0.286 e. The average molecular weight is 445 g/mol. The molecule has 0 unspecified atom stereocenters. The molecule has 0 fully saturated rings. The van der Waals surface area contributed by atoms with Crippen molar-refractivity contribution < 1.29 is 0 Å². The third-order valence-electron chi connectivity index (χ3n) is 4.58. The first-order chi connectivity index (χ1) is 15.2. The second-order valence-corrected chi connectivity index (χ2v) is 8.45. The van der Waals surface area contributed by atoms with Crippen LogP contribution in [0.4, 0.5) is 10.8 Å². The van der Waals surface area contributed by atoms with E-state index < -0.39 is 0 Å². The summed E-state index contributed by atoms with van der Waals surface area (Å²) in [4.78, 5) is 22.0. The van der Waals surface area contributed by atoms with Gasteiger partial charge in [0.05, 0.1) is 11.4 Å². The molecule has 7 nitrogen and oxygen atoms in total. The lowest BCUT2D eigenvalue weighted by molar-refractivity contribution is 0.843. The third kappa shape index (κ3) is 3.88. The number of azo groups is 1. The number of H-pyrrole nitrogens is 1. The predicted octanol–water partition coefficient (Wildman–Crippen LogP) is 6.14. The number of hydrogen-bond acceptors (Lipinski definition) is 7. The van der Waals surface area contributed by atoms with Gasteiger partial charge in [-0.05, 0) is 13.0 Å². The van der Waals surface area contributed by atoms with E-state index in [9.17, 15) is 4.79 Å². The molecule has 0 atom stereocenters. The lowest BCUT2D eigenvalue weighted by Crippen LogP contribution is -2.13. The van der Waals surface area contributed by atoms with Crippen LogP contribution < -0.4 is 5.56 Å². The highest BCUT2D eigenvalue weighted by atomic mass is 32.1. The Morgan fingerprint density at radius 1 is 1.00 bits per heavy atom. The van der Waals surface area contributed by atoms with Crippen LogP contribution in [0.2, 0.25) is 0 Å². The van der Waals surface area contributed by atoms with Gasteiger partial charge in [-0.2, -0.15) is 4.68 Å². The quantitative estimate of drug-likeness (QED) is 0.330.